The summed E-state index contributed by atoms with van der Waals surface area (Å²) in [5, 5.41) is 5.59. The summed E-state index contributed by atoms with van der Waals surface area (Å²) in [5.74, 6) is 0. The molecule has 0 aliphatic rings. The molecular weight excluding hydrogens is 212 g/mol. The average molecular weight is 224 g/mol. The second-order valence-electron chi connectivity index (χ2n) is 3.94. The number of aryl methyl sites for hydroxylation is 1. The summed E-state index contributed by atoms with van der Waals surface area (Å²) >= 11 is 0. The van der Waals surface area contributed by atoms with Crippen LogP contribution in [0.1, 0.15) is 5.56 Å². The van der Waals surface area contributed by atoms with Gasteiger partial charge in [0.15, 0.2) is 0 Å². The molecule has 3 heteroatoms. The van der Waals surface area contributed by atoms with E-state index in [0.29, 0.717) is 6.01 Å². The molecule has 0 saturated carbocycles. The third-order valence-electron chi connectivity index (χ3n) is 2.81. The van der Waals surface area contributed by atoms with Crippen molar-refractivity contribution in [3.05, 3.63) is 54.4 Å². The van der Waals surface area contributed by atoms with Crippen molar-refractivity contribution in [2.75, 3.05) is 5.32 Å². The molecule has 3 rings (SSSR count). The first-order chi connectivity index (χ1) is 8.34. The van der Waals surface area contributed by atoms with E-state index in [1.54, 1.807) is 12.5 Å². The lowest BCUT2D eigenvalue weighted by molar-refractivity contribution is 0.578. The number of oxazole rings is 1. The quantitative estimate of drug-likeness (QED) is 0.717. The van der Waals surface area contributed by atoms with E-state index in [1.807, 2.05) is 12.1 Å². The van der Waals surface area contributed by atoms with Gasteiger partial charge in [0, 0.05) is 5.39 Å². The van der Waals surface area contributed by atoms with Crippen molar-refractivity contribution in [3.8, 4) is 0 Å². The standard InChI is InChI=1S/C14H12N2O/c1-10-4-2-6-12-11(10)5-3-7-13(12)16-14-15-8-9-17-14/h2-9H,1H3,(H,15,16). The van der Waals surface area contributed by atoms with Crippen LogP contribution in [0.4, 0.5) is 11.7 Å². The number of aromatic nitrogens is 1. The highest BCUT2D eigenvalue weighted by molar-refractivity contribution is 5.96. The van der Waals surface area contributed by atoms with Crippen molar-refractivity contribution in [2.24, 2.45) is 0 Å². The van der Waals surface area contributed by atoms with Crippen LogP contribution in [-0.4, -0.2) is 4.98 Å². The van der Waals surface area contributed by atoms with Gasteiger partial charge in [0.25, 0.3) is 6.01 Å². The molecule has 0 atom stereocenters. The van der Waals surface area contributed by atoms with E-state index in [2.05, 4.69) is 41.5 Å². The fraction of sp³-hybridized carbons (Fsp3) is 0.0714. The van der Waals surface area contributed by atoms with Crippen molar-refractivity contribution in [1.82, 2.24) is 4.98 Å². The van der Waals surface area contributed by atoms with Crippen molar-refractivity contribution < 1.29 is 4.42 Å². The van der Waals surface area contributed by atoms with Gasteiger partial charge in [-0.25, -0.2) is 4.98 Å². The maximum atomic E-state index is 5.19. The predicted molar refractivity (Wildman–Crippen MR) is 68.5 cm³/mol. The molecular formula is C14H12N2O. The highest BCUT2D eigenvalue weighted by atomic mass is 16.4. The van der Waals surface area contributed by atoms with Crippen LogP contribution in [0.25, 0.3) is 10.8 Å². The molecule has 17 heavy (non-hydrogen) atoms. The minimum Gasteiger partial charge on any atom is -0.432 e. The Kier molecular flexibility index (Phi) is 2.29. The molecule has 0 fully saturated rings. The molecule has 3 nitrogen and oxygen atoms in total. The van der Waals surface area contributed by atoms with Gasteiger partial charge in [0.1, 0.15) is 6.26 Å². The van der Waals surface area contributed by atoms with Crippen LogP contribution in [-0.2, 0) is 0 Å². The number of fused-ring (bicyclic) bond motifs is 1. The molecule has 1 aromatic heterocycles. The van der Waals surface area contributed by atoms with E-state index in [0.717, 1.165) is 5.69 Å². The Balaban J connectivity index is 2.14. The first kappa shape index (κ1) is 9.90. The van der Waals surface area contributed by atoms with Crippen molar-refractivity contribution in [3.63, 3.8) is 0 Å². The SMILES string of the molecule is Cc1cccc2c(Nc3ncco3)cccc12. The molecule has 3 aromatic rings. The van der Waals surface area contributed by atoms with E-state index in [4.69, 9.17) is 4.42 Å². The summed E-state index contributed by atoms with van der Waals surface area (Å²) in [6.07, 6.45) is 3.18. The average Bonchev–Trinajstić information content (AvgIpc) is 2.83. The minimum atomic E-state index is 0.513. The maximum absolute atomic E-state index is 5.19. The fourth-order valence-electron chi connectivity index (χ4n) is 1.98. The van der Waals surface area contributed by atoms with Crippen LogP contribution in [0.5, 0.6) is 0 Å². The first-order valence-corrected chi connectivity index (χ1v) is 5.49. The summed E-state index contributed by atoms with van der Waals surface area (Å²) < 4.78 is 5.19. The molecule has 1 heterocycles. The first-order valence-electron chi connectivity index (χ1n) is 5.49. The second kappa shape index (κ2) is 3.94. The number of rotatable bonds is 2. The Morgan fingerprint density at radius 1 is 1.06 bits per heavy atom. The Morgan fingerprint density at radius 3 is 2.71 bits per heavy atom. The Bertz CT molecular complexity index is 644. The molecule has 84 valence electrons. The number of nitrogens with zero attached hydrogens (tertiary/aromatic N) is 1. The topological polar surface area (TPSA) is 38.1 Å². The summed E-state index contributed by atoms with van der Waals surface area (Å²) in [5.41, 5.74) is 2.27. The van der Waals surface area contributed by atoms with E-state index in [-0.39, 0.29) is 0 Å². The molecule has 0 aliphatic heterocycles. The normalized spacial score (nSPS) is 10.6. The van der Waals surface area contributed by atoms with Crippen LogP contribution in [0.3, 0.4) is 0 Å². The summed E-state index contributed by atoms with van der Waals surface area (Å²) in [6.45, 7) is 2.11. The third kappa shape index (κ3) is 1.76. The largest absolute Gasteiger partial charge is 0.432 e. The zero-order valence-electron chi connectivity index (χ0n) is 9.47. The highest BCUT2D eigenvalue weighted by Gasteiger charge is 2.04. The number of hydrogen-bond acceptors (Lipinski definition) is 3. The number of hydrogen-bond donors (Lipinski definition) is 1. The molecule has 1 N–H and O–H groups in total. The fourth-order valence-corrected chi connectivity index (χ4v) is 1.98. The number of nitrogens with one attached hydrogen (secondary N) is 1. The van der Waals surface area contributed by atoms with Gasteiger partial charge < -0.3 is 9.73 Å². The lowest BCUT2D eigenvalue weighted by Crippen LogP contribution is -1.91. The van der Waals surface area contributed by atoms with Gasteiger partial charge >= 0.3 is 0 Å². The summed E-state index contributed by atoms with van der Waals surface area (Å²) in [6, 6.07) is 12.9. The minimum absolute atomic E-state index is 0.513. The van der Waals surface area contributed by atoms with E-state index in [9.17, 15) is 0 Å². The molecule has 0 saturated heterocycles. The zero-order valence-corrected chi connectivity index (χ0v) is 9.47. The van der Waals surface area contributed by atoms with Crippen LogP contribution in [0, 0.1) is 6.92 Å². The maximum Gasteiger partial charge on any atom is 0.299 e. The van der Waals surface area contributed by atoms with Crippen LogP contribution in [0.2, 0.25) is 0 Å². The van der Waals surface area contributed by atoms with Gasteiger partial charge in [0.2, 0.25) is 0 Å². The van der Waals surface area contributed by atoms with E-state index < -0.39 is 0 Å². The lowest BCUT2D eigenvalue weighted by atomic mass is 10.0. The molecule has 0 radical (unpaired) electrons. The highest BCUT2D eigenvalue weighted by Crippen LogP contribution is 2.27. The number of anilines is 2. The van der Waals surface area contributed by atoms with Crippen molar-refractivity contribution >= 4 is 22.5 Å². The smallest absolute Gasteiger partial charge is 0.299 e. The predicted octanol–water partition coefficient (Wildman–Crippen LogP) is 3.88. The second-order valence-corrected chi connectivity index (χ2v) is 3.94. The molecule has 0 spiro atoms. The zero-order chi connectivity index (χ0) is 11.7. The van der Waals surface area contributed by atoms with Crippen molar-refractivity contribution in [2.45, 2.75) is 6.92 Å². The third-order valence-corrected chi connectivity index (χ3v) is 2.81. The summed E-state index contributed by atoms with van der Waals surface area (Å²) in [4.78, 5) is 4.06. The lowest BCUT2D eigenvalue weighted by Gasteiger charge is -2.08. The van der Waals surface area contributed by atoms with Gasteiger partial charge in [-0.3, -0.25) is 0 Å². The molecule has 0 aliphatic carbocycles. The van der Waals surface area contributed by atoms with E-state index in [1.165, 1.54) is 16.3 Å². The van der Waals surface area contributed by atoms with Crippen molar-refractivity contribution in [1.29, 1.82) is 0 Å². The van der Waals surface area contributed by atoms with Gasteiger partial charge in [-0.05, 0) is 23.9 Å². The summed E-state index contributed by atoms with van der Waals surface area (Å²) in [7, 11) is 0. The monoisotopic (exact) mass is 224 g/mol. The Morgan fingerprint density at radius 2 is 1.88 bits per heavy atom. The molecule has 0 unspecified atom stereocenters. The van der Waals surface area contributed by atoms with Crippen LogP contribution >= 0.6 is 0 Å². The van der Waals surface area contributed by atoms with Gasteiger partial charge in [-0.1, -0.05) is 30.3 Å². The number of benzene rings is 2. The Hall–Kier alpha value is -2.29. The van der Waals surface area contributed by atoms with Gasteiger partial charge in [0.05, 0.1) is 11.9 Å². The molecule has 0 bridgehead atoms. The molecule has 2 aromatic carbocycles. The van der Waals surface area contributed by atoms with Gasteiger partial charge in [-0.2, -0.15) is 0 Å². The van der Waals surface area contributed by atoms with Crippen LogP contribution in [0.15, 0.2) is 53.3 Å². The Labute approximate surface area is 99.1 Å². The van der Waals surface area contributed by atoms with Gasteiger partial charge in [-0.15, -0.1) is 0 Å². The van der Waals surface area contributed by atoms with E-state index >= 15 is 0 Å². The van der Waals surface area contributed by atoms with Crippen LogP contribution < -0.4 is 5.32 Å². The molecule has 0 amide bonds.